The third-order valence-electron chi connectivity index (χ3n) is 2.45. The van der Waals surface area contributed by atoms with Gasteiger partial charge in [0.15, 0.2) is 0 Å². The lowest BCUT2D eigenvalue weighted by molar-refractivity contribution is -0.380. The average molecular weight is 302 g/mol. The molecule has 2 N–H and O–H groups in total. The van der Waals surface area contributed by atoms with E-state index in [4.69, 9.17) is 5.11 Å². The van der Waals surface area contributed by atoms with Gasteiger partial charge in [-0.3, -0.25) is 14.9 Å². The fourth-order valence-corrected chi connectivity index (χ4v) is 2.23. The van der Waals surface area contributed by atoms with Crippen LogP contribution in [-0.2, 0) is 0 Å². The van der Waals surface area contributed by atoms with Crippen LogP contribution in [-0.4, -0.2) is 22.5 Å². The second-order valence-corrected chi connectivity index (χ2v) is 4.95. The lowest BCUT2D eigenvalue weighted by atomic mass is 10.2. The second-order valence-electron chi connectivity index (χ2n) is 3.89. The van der Waals surface area contributed by atoms with E-state index in [0.29, 0.717) is 11.3 Å². The maximum atomic E-state index is 11.9. The van der Waals surface area contributed by atoms with Crippen molar-refractivity contribution >= 4 is 27.9 Å². The molecule has 1 aromatic heterocycles. The van der Waals surface area contributed by atoms with E-state index < -0.39 is 10.8 Å². The molecule has 6 nitrogen and oxygen atoms in total. The SMILES string of the molecule is O=C(Nc1ccc(C#CCO)cc1)c1ccc([N+](=O)[O-])s1. The van der Waals surface area contributed by atoms with Crippen molar-refractivity contribution in [1.29, 1.82) is 0 Å². The van der Waals surface area contributed by atoms with Gasteiger partial charge in [-0.2, -0.15) is 0 Å². The van der Waals surface area contributed by atoms with E-state index in [2.05, 4.69) is 17.2 Å². The molecule has 0 unspecified atom stereocenters. The number of hydrogen-bond donors (Lipinski definition) is 2. The monoisotopic (exact) mass is 302 g/mol. The fourth-order valence-electron chi connectivity index (χ4n) is 1.52. The third-order valence-corrected chi connectivity index (χ3v) is 3.49. The summed E-state index contributed by atoms with van der Waals surface area (Å²) in [5, 5.41) is 21.7. The van der Waals surface area contributed by atoms with Crippen molar-refractivity contribution in [2.75, 3.05) is 11.9 Å². The van der Waals surface area contributed by atoms with Crippen LogP contribution >= 0.6 is 11.3 Å². The highest BCUT2D eigenvalue weighted by Crippen LogP contribution is 2.24. The van der Waals surface area contributed by atoms with E-state index in [0.717, 1.165) is 11.3 Å². The van der Waals surface area contributed by atoms with E-state index in [9.17, 15) is 14.9 Å². The standard InChI is InChI=1S/C14H10N2O4S/c17-9-1-2-10-3-5-11(6-4-10)15-14(18)12-7-8-13(21-12)16(19)20/h3-8,17H,9H2,(H,15,18). The number of anilines is 1. The molecule has 0 atom stereocenters. The molecule has 7 heteroatoms. The number of nitrogens with one attached hydrogen (secondary N) is 1. The fraction of sp³-hybridized carbons (Fsp3) is 0.0714. The van der Waals surface area contributed by atoms with E-state index >= 15 is 0 Å². The number of aliphatic hydroxyl groups excluding tert-OH is 1. The summed E-state index contributed by atoms with van der Waals surface area (Å²) in [6, 6.07) is 9.46. The summed E-state index contributed by atoms with van der Waals surface area (Å²) in [4.78, 5) is 22.2. The van der Waals surface area contributed by atoms with E-state index in [1.54, 1.807) is 24.3 Å². The smallest absolute Gasteiger partial charge is 0.324 e. The summed E-state index contributed by atoms with van der Waals surface area (Å²) in [6.45, 7) is -0.213. The van der Waals surface area contributed by atoms with E-state index in [1.807, 2.05) is 0 Å². The van der Waals surface area contributed by atoms with Crippen molar-refractivity contribution in [2.24, 2.45) is 0 Å². The Morgan fingerprint density at radius 2 is 2.00 bits per heavy atom. The Labute approximate surface area is 124 Å². The van der Waals surface area contributed by atoms with Crippen molar-refractivity contribution in [1.82, 2.24) is 0 Å². The zero-order valence-electron chi connectivity index (χ0n) is 10.7. The molecular weight excluding hydrogens is 292 g/mol. The van der Waals surface area contributed by atoms with Gasteiger partial charge >= 0.3 is 5.00 Å². The summed E-state index contributed by atoms with van der Waals surface area (Å²) in [7, 11) is 0. The van der Waals surface area contributed by atoms with Crippen LogP contribution in [0.1, 0.15) is 15.2 Å². The van der Waals surface area contributed by atoms with Crippen LogP contribution < -0.4 is 5.32 Å². The molecule has 0 aliphatic heterocycles. The zero-order valence-corrected chi connectivity index (χ0v) is 11.5. The molecular formula is C14H10N2O4S. The number of amides is 1. The van der Waals surface area contributed by atoms with Gasteiger partial charge < -0.3 is 10.4 Å². The number of rotatable bonds is 3. The lowest BCUT2D eigenvalue weighted by Crippen LogP contribution is -2.09. The van der Waals surface area contributed by atoms with Crippen LogP contribution in [0, 0.1) is 22.0 Å². The summed E-state index contributed by atoms with van der Waals surface area (Å²) >= 11 is 0.821. The maximum Gasteiger partial charge on any atom is 0.324 e. The Morgan fingerprint density at radius 3 is 2.57 bits per heavy atom. The van der Waals surface area contributed by atoms with Crippen molar-refractivity contribution < 1.29 is 14.8 Å². The molecule has 21 heavy (non-hydrogen) atoms. The van der Waals surface area contributed by atoms with Gasteiger partial charge in [0, 0.05) is 17.3 Å². The molecule has 0 aliphatic carbocycles. The third kappa shape index (κ3) is 3.89. The van der Waals surface area contributed by atoms with E-state index in [-0.39, 0.29) is 16.5 Å². The van der Waals surface area contributed by atoms with Crippen LogP contribution in [0.25, 0.3) is 0 Å². The summed E-state index contributed by atoms with van der Waals surface area (Å²) < 4.78 is 0. The molecule has 0 fully saturated rings. The van der Waals surface area contributed by atoms with Crippen molar-refractivity contribution in [2.45, 2.75) is 0 Å². The highest BCUT2D eigenvalue weighted by Gasteiger charge is 2.15. The van der Waals surface area contributed by atoms with Gasteiger partial charge in [0.05, 0.1) is 9.80 Å². The number of carbonyl (C=O) groups is 1. The molecule has 1 heterocycles. The van der Waals surface area contributed by atoms with Crippen molar-refractivity contribution in [3.05, 3.63) is 57.0 Å². The highest BCUT2D eigenvalue weighted by atomic mass is 32.1. The van der Waals surface area contributed by atoms with E-state index in [1.165, 1.54) is 12.1 Å². The summed E-state index contributed by atoms with van der Waals surface area (Å²) in [5.41, 5.74) is 1.28. The lowest BCUT2D eigenvalue weighted by Gasteiger charge is -2.03. The minimum atomic E-state index is -0.532. The second kappa shape index (κ2) is 6.65. The first-order chi connectivity index (χ1) is 10.1. The largest absolute Gasteiger partial charge is 0.384 e. The van der Waals surface area contributed by atoms with Crippen LogP contribution in [0.3, 0.4) is 0 Å². The van der Waals surface area contributed by atoms with Crippen LogP contribution in [0.4, 0.5) is 10.7 Å². The minimum absolute atomic E-state index is 0.0743. The molecule has 0 spiro atoms. The molecule has 2 rings (SSSR count). The van der Waals surface area contributed by atoms with Crippen LogP contribution in [0.2, 0.25) is 0 Å². The molecule has 0 saturated carbocycles. The van der Waals surface area contributed by atoms with Gasteiger partial charge in [-0.25, -0.2) is 0 Å². The molecule has 106 valence electrons. The topological polar surface area (TPSA) is 92.5 Å². The minimum Gasteiger partial charge on any atom is -0.384 e. The Morgan fingerprint density at radius 1 is 1.29 bits per heavy atom. The van der Waals surface area contributed by atoms with Gasteiger partial charge in [-0.15, -0.1) is 0 Å². The molecule has 0 bridgehead atoms. The molecule has 1 amide bonds. The Hall–Kier alpha value is -2.69. The van der Waals surface area contributed by atoms with Gasteiger partial charge in [0.2, 0.25) is 0 Å². The number of hydrogen-bond acceptors (Lipinski definition) is 5. The van der Waals surface area contributed by atoms with Crippen molar-refractivity contribution in [3.8, 4) is 11.8 Å². The summed E-state index contributed by atoms with van der Waals surface area (Å²) in [5.74, 6) is 4.86. The van der Waals surface area contributed by atoms with Crippen LogP contribution in [0.15, 0.2) is 36.4 Å². The number of nitrogens with zero attached hydrogens (tertiary/aromatic N) is 1. The number of benzene rings is 1. The van der Waals surface area contributed by atoms with Crippen LogP contribution in [0.5, 0.6) is 0 Å². The predicted molar refractivity (Wildman–Crippen MR) is 79.3 cm³/mol. The predicted octanol–water partition coefficient (Wildman–Crippen LogP) is 2.25. The number of thiophene rings is 1. The number of aliphatic hydroxyl groups is 1. The molecule has 0 saturated heterocycles. The van der Waals surface area contributed by atoms with Crippen molar-refractivity contribution in [3.63, 3.8) is 0 Å². The molecule has 2 aromatic rings. The van der Waals surface area contributed by atoms with Gasteiger partial charge in [0.25, 0.3) is 5.91 Å². The zero-order chi connectivity index (χ0) is 15.2. The Bertz CT molecular complexity index is 725. The Balaban J connectivity index is 2.06. The maximum absolute atomic E-state index is 11.9. The van der Waals surface area contributed by atoms with Gasteiger partial charge in [-0.05, 0) is 30.3 Å². The first-order valence-electron chi connectivity index (χ1n) is 5.85. The number of nitro groups is 1. The number of carbonyl (C=O) groups excluding carboxylic acids is 1. The Kier molecular flexibility index (Phi) is 4.66. The molecule has 1 aromatic carbocycles. The normalized spacial score (nSPS) is 9.57. The average Bonchev–Trinajstić information content (AvgIpc) is 2.97. The van der Waals surface area contributed by atoms with Gasteiger partial charge in [-0.1, -0.05) is 23.2 Å². The quantitative estimate of drug-likeness (QED) is 0.516. The van der Waals surface area contributed by atoms with Gasteiger partial charge in [0.1, 0.15) is 6.61 Å². The molecule has 0 aliphatic rings. The summed E-state index contributed by atoms with van der Waals surface area (Å²) in [6.07, 6.45) is 0. The highest BCUT2D eigenvalue weighted by molar-refractivity contribution is 7.17. The first-order valence-corrected chi connectivity index (χ1v) is 6.67. The molecule has 0 radical (unpaired) electrons. The first kappa shape index (κ1) is 14.7.